The van der Waals surface area contributed by atoms with Crippen LogP contribution in [0.5, 0.6) is 0 Å². The van der Waals surface area contributed by atoms with Crippen LogP contribution >= 0.6 is 0 Å². The molecule has 0 heterocycles. The van der Waals surface area contributed by atoms with Gasteiger partial charge >= 0.3 is 0 Å². The average Bonchev–Trinajstić information content (AvgIpc) is 3.08. The maximum atomic E-state index is 6.01. The second-order valence-corrected chi connectivity index (χ2v) is 6.14. The summed E-state index contributed by atoms with van der Waals surface area (Å²) in [4.78, 5) is 0. The molecular weight excluding hydrogens is 184 g/mol. The normalized spacial score (nSPS) is 39.0. The molecule has 15 heavy (non-hydrogen) atoms. The van der Waals surface area contributed by atoms with Crippen LogP contribution in [0.15, 0.2) is 0 Å². The zero-order valence-electron chi connectivity index (χ0n) is 9.67. The first-order valence-electron chi connectivity index (χ1n) is 6.77. The Morgan fingerprint density at radius 2 is 1.93 bits per heavy atom. The quantitative estimate of drug-likeness (QED) is 0.742. The van der Waals surface area contributed by atoms with Gasteiger partial charge in [-0.1, -0.05) is 6.42 Å². The van der Waals surface area contributed by atoms with Crippen LogP contribution in [0, 0.1) is 11.3 Å². The molecule has 0 radical (unpaired) electrons. The van der Waals surface area contributed by atoms with E-state index in [0.717, 1.165) is 17.4 Å². The summed E-state index contributed by atoms with van der Waals surface area (Å²) >= 11 is 0. The van der Waals surface area contributed by atoms with E-state index in [-0.39, 0.29) is 0 Å². The maximum absolute atomic E-state index is 6.01. The Balaban J connectivity index is 1.45. The smallest absolute Gasteiger partial charge is 0.00820 e. The second-order valence-electron chi connectivity index (χ2n) is 6.14. The molecule has 2 atom stereocenters. The molecule has 0 aromatic rings. The lowest BCUT2D eigenvalue weighted by Gasteiger charge is -2.29. The molecule has 3 saturated carbocycles. The number of hydrogen-bond acceptors (Lipinski definition) is 2. The highest BCUT2D eigenvalue weighted by Crippen LogP contribution is 2.60. The van der Waals surface area contributed by atoms with Gasteiger partial charge in [0.05, 0.1) is 0 Å². The van der Waals surface area contributed by atoms with Gasteiger partial charge in [-0.2, -0.15) is 0 Å². The van der Waals surface area contributed by atoms with Crippen molar-refractivity contribution in [3.8, 4) is 0 Å². The van der Waals surface area contributed by atoms with Crippen molar-refractivity contribution < 1.29 is 0 Å². The Labute approximate surface area is 93.0 Å². The lowest BCUT2D eigenvalue weighted by Crippen LogP contribution is -2.41. The average molecular weight is 208 g/mol. The van der Waals surface area contributed by atoms with Crippen LogP contribution in [0.1, 0.15) is 51.4 Å². The van der Waals surface area contributed by atoms with Crippen molar-refractivity contribution in [1.29, 1.82) is 0 Å². The molecule has 2 heteroatoms. The molecule has 0 aromatic heterocycles. The molecule has 3 aliphatic carbocycles. The highest BCUT2D eigenvalue weighted by molar-refractivity contribution is 5.05. The molecule has 0 bridgehead atoms. The van der Waals surface area contributed by atoms with E-state index in [1.165, 1.54) is 57.9 Å². The monoisotopic (exact) mass is 208 g/mol. The van der Waals surface area contributed by atoms with Gasteiger partial charge in [0, 0.05) is 18.6 Å². The van der Waals surface area contributed by atoms with E-state index >= 15 is 0 Å². The number of rotatable bonds is 4. The summed E-state index contributed by atoms with van der Waals surface area (Å²) in [5.41, 5.74) is 6.76. The fourth-order valence-corrected chi connectivity index (χ4v) is 3.35. The van der Waals surface area contributed by atoms with Crippen LogP contribution in [0.2, 0.25) is 0 Å². The van der Waals surface area contributed by atoms with E-state index in [4.69, 9.17) is 5.73 Å². The summed E-state index contributed by atoms with van der Waals surface area (Å²) in [6.45, 7) is 1.29. The van der Waals surface area contributed by atoms with Crippen molar-refractivity contribution in [3.63, 3.8) is 0 Å². The molecule has 3 rings (SSSR count). The Morgan fingerprint density at radius 1 is 1.13 bits per heavy atom. The number of nitrogens with one attached hydrogen (secondary N) is 1. The predicted molar refractivity (Wildman–Crippen MR) is 62.6 cm³/mol. The van der Waals surface area contributed by atoms with E-state index in [0.29, 0.717) is 6.04 Å². The van der Waals surface area contributed by atoms with Crippen molar-refractivity contribution in [2.45, 2.75) is 63.5 Å². The topological polar surface area (TPSA) is 38.0 Å². The van der Waals surface area contributed by atoms with Crippen LogP contribution in [-0.4, -0.2) is 18.6 Å². The fourth-order valence-electron chi connectivity index (χ4n) is 3.35. The Kier molecular flexibility index (Phi) is 2.52. The highest BCUT2D eigenvalue weighted by atomic mass is 15.0. The van der Waals surface area contributed by atoms with E-state index < -0.39 is 0 Å². The van der Waals surface area contributed by atoms with E-state index in [1.54, 1.807) is 0 Å². The molecule has 0 saturated heterocycles. The Hall–Kier alpha value is -0.0800. The van der Waals surface area contributed by atoms with Gasteiger partial charge in [0.15, 0.2) is 0 Å². The predicted octanol–water partition coefficient (Wildman–Crippen LogP) is 2.04. The molecule has 86 valence electrons. The zero-order valence-corrected chi connectivity index (χ0v) is 9.67. The molecule has 3 N–H and O–H groups in total. The minimum absolute atomic E-state index is 0.465. The lowest BCUT2D eigenvalue weighted by molar-refractivity contribution is 0.302. The third-order valence-corrected chi connectivity index (χ3v) is 4.79. The first-order chi connectivity index (χ1) is 7.28. The largest absolute Gasteiger partial charge is 0.328 e. The first kappa shape index (κ1) is 10.1. The molecule has 3 fully saturated rings. The van der Waals surface area contributed by atoms with Crippen molar-refractivity contribution in [2.75, 3.05) is 6.54 Å². The van der Waals surface area contributed by atoms with Gasteiger partial charge in [0.2, 0.25) is 0 Å². The minimum Gasteiger partial charge on any atom is -0.328 e. The SMILES string of the molecule is NC1CCCC(NCC2(C3CC3)CC2)C1. The maximum Gasteiger partial charge on any atom is 0.00820 e. The molecule has 0 aliphatic heterocycles. The van der Waals surface area contributed by atoms with Gasteiger partial charge in [0.1, 0.15) is 0 Å². The van der Waals surface area contributed by atoms with Gasteiger partial charge < -0.3 is 11.1 Å². The summed E-state index contributed by atoms with van der Waals surface area (Å²) in [5.74, 6) is 1.09. The fraction of sp³-hybridized carbons (Fsp3) is 1.00. The lowest BCUT2D eigenvalue weighted by atomic mass is 9.90. The Bertz CT molecular complexity index is 231. The van der Waals surface area contributed by atoms with Gasteiger partial charge in [-0.05, 0) is 56.3 Å². The van der Waals surface area contributed by atoms with Crippen molar-refractivity contribution in [1.82, 2.24) is 5.32 Å². The summed E-state index contributed by atoms with van der Waals surface area (Å²) in [7, 11) is 0. The third kappa shape index (κ3) is 2.21. The summed E-state index contributed by atoms with van der Waals surface area (Å²) < 4.78 is 0. The van der Waals surface area contributed by atoms with Crippen LogP contribution in [0.3, 0.4) is 0 Å². The molecule has 0 spiro atoms. The first-order valence-corrected chi connectivity index (χ1v) is 6.77. The minimum atomic E-state index is 0.465. The van der Waals surface area contributed by atoms with Crippen molar-refractivity contribution >= 4 is 0 Å². The second kappa shape index (κ2) is 3.74. The van der Waals surface area contributed by atoms with Crippen LogP contribution in [0.25, 0.3) is 0 Å². The third-order valence-electron chi connectivity index (χ3n) is 4.79. The van der Waals surface area contributed by atoms with Crippen molar-refractivity contribution in [2.24, 2.45) is 17.1 Å². The van der Waals surface area contributed by atoms with E-state index in [2.05, 4.69) is 5.32 Å². The van der Waals surface area contributed by atoms with Crippen molar-refractivity contribution in [3.05, 3.63) is 0 Å². The molecule has 3 aliphatic rings. The zero-order chi connectivity index (χ0) is 10.3. The molecular formula is C13H24N2. The van der Waals surface area contributed by atoms with Crippen LogP contribution in [0.4, 0.5) is 0 Å². The van der Waals surface area contributed by atoms with E-state index in [1.807, 2.05) is 0 Å². The molecule has 0 aromatic carbocycles. The number of nitrogens with two attached hydrogens (primary N) is 1. The molecule has 2 nitrogen and oxygen atoms in total. The number of hydrogen-bond donors (Lipinski definition) is 2. The molecule has 0 amide bonds. The van der Waals surface area contributed by atoms with Crippen LogP contribution in [-0.2, 0) is 0 Å². The van der Waals surface area contributed by atoms with Gasteiger partial charge in [-0.3, -0.25) is 0 Å². The summed E-state index contributed by atoms with van der Waals surface area (Å²) in [6, 6.07) is 1.19. The van der Waals surface area contributed by atoms with E-state index in [9.17, 15) is 0 Å². The highest BCUT2D eigenvalue weighted by Gasteiger charge is 2.53. The summed E-state index contributed by atoms with van der Waals surface area (Å²) in [6.07, 6.45) is 11.1. The Morgan fingerprint density at radius 3 is 2.53 bits per heavy atom. The van der Waals surface area contributed by atoms with Gasteiger partial charge in [-0.25, -0.2) is 0 Å². The summed E-state index contributed by atoms with van der Waals surface area (Å²) in [5, 5.41) is 3.80. The standard InChI is InChI=1S/C13H24N2/c14-11-2-1-3-12(8-11)15-9-13(6-7-13)10-4-5-10/h10-12,15H,1-9,14H2. The van der Waals surface area contributed by atoms with Gasteiger partial charge in [-0.15, -0.1) is 0 Å². The van der Waals surface area contributed by atoms with Gasteiger partial charge in [0.25, 0.3) is 0 Å². The van der Waals surface area contributed by atoms with Crippen LogP contribution < -0.4 is 11.1 Å². The molecule has 2 unspecified atom stereocenters.